The highest BCUT2D eigenvalue weighted by Crippen LogP contribution is 2.32. The third kappa shape index (κ3) is 4.25. The van der Waals surface area contributed by atoms with E-state index in [9.17, 15) is 4.79 Å². The van der Waals surface area contributed by atoms with Gasteiger partial charge in [0.25, 0.3) is 0 Å². The predicted octanol–water partition coefficient (Wildman–Crippen LogP) is 4.07. The van der Waals surface area contributed by atoms with E-state index < -0.39 is 0 Å². The van der Waals surface area contributed by atoms with Crippen LogP contribution < -0.4 is 5.32 Å². The lowest BCUT2D eigenvalue weighted by molar-refractivity contribution is -0.117. The molecular weight excluding hydrogens is 307 g/mol. The van der Waals surface area contributed by atoms with Crippen LogP contribution in [0.15, 0.2) is 12.1 Å². The van der Waals surface area contributed by atoms with Crippen molar-refractivity contribution in [2.24, 2.45) is 0 Å². The van der Waals surface area contributed by atoms with E-state index in [-0.39, 0.29) is 5.91 Å². The standard InChI is InChI=1S/C13H15Cl3N2O/c14-9-6-11(16)12(7-10(9)15)17-13(19)8-18-4-2-1-3-5-18/h6-7H,1-5,8H2,(H,17,19). The highest BCUT2D eigenvalue weighted by molar-refractivity contribution is 6.44. The number of nitrogens with one attached hydrogen (secondary N) is 1. The molecule has 1 aliphatic rings. The molecule has 1 heterocycles. The number of carbonyl (C=O) groups excluding carboxylic acids is 1. The number of rotatable bonds is 3. The summed E-state index contributed by atoms with van der Waals surface area (Å²) in [5.41, 5.74) is 0.498. The van der Waals surface area contributed by atoms with E-state index in [1.807, 2.05) is 0 Å². The number of hydrogen-bond acceptors (Lipinski definition) is 2. The van der Waals surface area contributed by atoms with Crippen LogP contribution in [0, 0.1) is 0 Å². The highest BCUT2D eigenvalue weighted by Gasteiger charge is 2.15. The molecule has 1 aliphatic heterocycles. The zero-order valence-corrected chi connectivity index (χ0v) is 12.7. The first-order valence-corrected chi connectivity index (χ1v) is 7.36. The molecule has 0 saturated carbocycles. The third-order valence-electron chi connectivity index (χ3n) is 3.10. The summed E-state index contributed by atoms with van der Waals surface area (Å²) in [6, 6.07) is 3.10. The summed E-state index contributed by atoms with van der Waals surface area (Å²) in [6.45, 7) is 2.33. The predicted molar refractivity (Wildman–Crippen MR) is 80.4 cm³/mol. The molecule has 104 valence electrons. The second kappa shape index (κ2) is 6.80. The monoisotopic (exact) mass is 320 g/mol. The number of benzene rings is 1. The van der Waals surface area contributed by atoms with Gasteiger partial charge in [-0.15, -0.1) is 0 Å². The SMILES string of the molecule is O=C(CN1CCCCC1)Nc1cc(Cl)c(Cl)cc1Cl. The van der Waals surface area contributed by atoms with Gasteiger partial charge in [-0.1, -0.05) is 41.2 Å². The highest BCUT2D eigenvalue weighted by atomic mass is 35.5. The molecular formula is C13H15Cl3N2O. The number of piperidine rings is 1. The molecule has 0 aliphatic carbocycles. The summed E-state index contributed by atoms with van der Waals surface area (Å²) >= 11 is 17.8. The Morgan fingerprint density at radius 3 is 2.37 bits per heavy atom. The Kier molecular flexibility index (Phi) is 5.34. The second-order valence-electron chi connectivity index (χ2n) is 4.63. The van der Waals surface area contributed by atoms with Crippen molar-refractivity contribution in [3.63, 3.8) is 0 Å². The van der Waals surface area contributed by atoms with Crippen molar-refractivity contribution in [2.75, 3.05) is 25.0 Å². The van der Waals surface area contributed by atoms with E-state index in [0.717, 1.165) is 25.9 Å². The topological polar surface area (TPSA) is 32.3 Å². The second-order valence-corrected chi connectivity index (χ2v) is 5.85. The molecule has 2 rings (SSSR count). The van der Waals surface area contributed by atoms with Crippen LogP contribution in [-0.4, -0.2) is 30.4 Å². The van der Waals surface area contributed by atoms with Crippen LogP contribution in [0.1, 0.15) is 19.3 Å². The number of nitrogens with zero attached hydrogens (tertiary/aromatic N) is 1. The average molecular weight is 322 g/mol. The first-order valence-electron chi connectivity index (χ1n) is 6.23. The molecule has 19 heavy (non-hydrogen) atoms. The van der Waals surface area contributed by atoms with Crippen molar-refractivity contribution >= 4 is 46.4 Å². The van der Waals surface area contributed by atoms with Gasteiger partial charge in [0.2, 0.25) is 5.91 Å². The van der Waals surface area contributed by atoms with Crippen molar-refractivity contribution < 1.29 is 4.79 Å². The lowest BCUT2D eigenvalue weighted by Gasteiger charge is -2.25. The maximum absolute atomic E-state index is 11.9. The molecule has 0 atom stereocenters. The molecule has 1 saturated heterocycles. The van der Waals surface area contributed by atoms with Gasteiger partial charge in [0, 0.05) is 0 Å². The Morgan fingerprint density at radius 2 is 1.68 bits per heavy atom. The molecule has 6 heteroatoms. The zero-order valence-electron chi connectivity index (χ0n) is 10.4. The van der Waals surface area contributed by atoms with Crippen LogP contribution in [0.2, 0.25) is 15.1 Å². The molecule has 1 N–H and O–H groups in total. The molecule has 0 aromatic heterocycles. The maximum atomic E-state index is 11.9. The number of hydrogen-bond donors (Lipinski definition) is 1. The van der Waals surface area contributed by atoms with E-state index in [2.05, 4.69) is 10.2 Å². The molecule has 0 radical (unpaired) electrons. The van der Waals surface area contributed by atoms with E-state index in [1.165, 1.54) is 12.5 Å². The Hall–Kier alpha value is -0.480. The van der Waals surface area contributed by atoms with Gasteiger partial charge in [0.05, 0.1) is 27.3 Å². The van der Waals surface area contributed by atoms with Crippen LogP contribution >= 0.6 is 34.8 Å². The minimum Gasteiger partial charge on any atom is -0.324 e. The largest absolute Gasteiger partial charge is 0.324 e. The van der Waals surface area contributed by atoms with Gasteiger partial charge in [-0.2, -0.15) is 0 Å². The Balaban J connectivity index is 1.96. The summed E-state index contributed by atoms with van der Waals surface area (Å²) < 4.78 is 0. The molecule has 1 fully saturated rings. The molecule has 1 aromatic rings. The van der Waals surface area contributed by atoms with E-state index in [4.69, 9.17) is 34.8 Å². The molecule has 3 nitrogen and oxygen atoms in total. The van der Waals surface area contributed by atoms with Gasteiger partial charge < -0.3 is 5.32 Å². The third-order valence-corrected chi connectivity index (χ3v) is 4.13. The number of anilines is 1. The summed E-state index contributed by atoms with van der Waals surface area (Å²) in [7, 11) is 0. The summed E-state index contributed by atoms with van der Waals surface area (Å²) in [5.74, 6) is -0.0813. The molecule has 0 unspecified atom stereocenters. The number of amides is 1. The summed E-state index contributed by atoms with van der Waals surface area (Å²) in [6.07, 6.45) is 3.55. The molecule has 0 bridgehead atoms. The zero-order chi connectivity index (χ0) is 13.8. The number of carbonyl (C=O) groups is 1. The lowest BCUT2D eigenvalue weighted by Crippen LogP contribution is -2.36. The minimum atomic E-state index is -0.0813. The Bertz CT molecular complexity index is 473. The van der Waals surface area contributed by atoms with Gasteiger partial charge >= 0.3 is 0 Å². The van der Waals surface area contributed by atoms with E-state index in [1.54, 1.807) is 6.07 Å². The number of halogens is 3. The first kappa shape index (κ1) is 14.9. The number of likely N-dealkylation sites (tertiary alicyclic amines) is 1. The van der Waals surface area contributed by atoms with Crippen molar-refractivity contribution in [2.45, 2.75) is 19.3 Å². The quantitative estimate of drug-likeness (QED) is 0.851. The fourth-order valence-corrected chi connectivity index (χ4v) is 2.72. The fourth-order valence-electron chi connectivity index (χ4n) is 2.13. The van der Waals surface area contributed by atoms with Crippen LogP contribution in [0.4, 0.5) is 5.69 Å². The molecule has 1 amide bonds. The smallest absolute Gasteiger partial charge is 0.238 e. The van der Waals surface area contributed by atoms with E-state index >= 15 is 0 Å². The van der Waals surface area contributed by atoms with Crippen molar-refractivity contribution in [3.8, 4) is 0 Å². The Labute approximate surface area is 127 Å². The van der Waals surface area contributed by atoms with Crippen molar-refractivity contribution in [1.82, 2.24) is 4.90 Å². The summed E-state index contributed by atoms with van der Waals surface area (Å²) in [4.78, 5) is 14.1. The normalized spacial score (nSPS) is 16.4. The van der Waals surface area contributed by atoms with Crippen molar-refractivity contribution in [1.29, 1.82) is 0 Å². The van der Waals surface area contributed by atoms with Gasteiger partial charge in [-0.3, -0.25) is 9.69 Å². The molecule has 1 aromatic carbocycles. The van der Waals surface area contributed by atoms with Crippen LogP contribution in [0.3, 0.4) is 0 Å². The van der Waals surface area contributed by atoms with Crippen LogP contribution in [0.5, 0.6) is 0 Å². The van der Waals surface area contributed by atoms with Gasteiger partial charge in [-0.05, 0) is 38.1 Å². The maximum Gasteiger partial charge on any atom is 0.238 e. The average Bonchev–Trinajstić information content (AvgIpc) is 2.37. The van der Waals surface area contributed by atoms with Gasteiger partial charge in [0.15, 0.2) is 0 Å². The van der Waals surface area contributed by atoms with Gasteiger partial charge in [-0.25, -0.2) is 0 Å². The Morgan fingerprint density at radius 1 is 1.05 bits per heavy atom. The van der Waals surface area contributed by atoms with Gasteiger partial charge in [0.1, 0.15) is 0 Å². The lowest BCUT2D eigenvalue weighted by atomic mass is 10.1. The fraction of sp³-hybridized carbons (Fsp3) is 0.462. The minimum absolute atomic E-state index is 0.0813. The van der Waals surface area contributed by atoms with Crippen LogP contribution in [0.25, 0.3) is 0 Å². The summed E-state index contributed by atoms with van der Waals surface area (Å²) in [5, 5.41) is 3.91. The van der Waals surface area contributed by atoms with E-state index in [0.29, 0.717) is 27.3 Å². The van der Waals surface area contributed by atoms with Crippen LogP contribution in [-0.2, 0) is 4.79 Å². The van der Waals surface area contributed by atoms with Crippen molar-refractivity contribution in [3.05, 3.63) is 27.2 Å². The molecule has 0 spiro atoms. The first-order chi connectivity index (χ1) is 9.06.